The Morgan fingerprint density at radius 2 is 2.06 bits per heavy atom. The first kappa shape index (κ1) is 13.1. The Kier molecular flexibility index (Phi) is 4.02. The Morgan fingerprint density at radius 3 is 2.61 bits per heavy atom. The highest BCUT2D eigenvalue weighted by Gasteiger charge is 2.37. The van der Waals surface area contributed by atoms with Crippen molar-refractivity contribution in [2.75, 3.05) is 18.0 Å². The monoisotopic (exact) mass is 246 g/mol. The molecule has 1 atom stereocenters. The molecule has 1 fully saturated rings. The van der Waals surface area contributed by atoms with Gasteiger partial charge < -0.3 is 10.2 Å². The van der Waals surface area contributed by atoms with Crippen LogP contribution in [0.5, 0.6) is 0 Å². The number of nitrogens with one attached hydrogen (secondary N) is 1. The predicted molar refractivity (Wildman–Crippen MR) is 74.7 cm³/mol. The topological polar surface area (TPSA) is 32.3 Å². The van der Waals surface area contributed by atoms with Crippen molar-refractivity contribution in [3.63, 3.8) is 0 Å². The molecule has 2 rings (SSSR count). The number of hydrogen-bond donors (Lipinski definition) is 1. The Labute approximate surface area is 109 Å². The fraction of sp³-hybridized carbons (Fsp3) is 0.533. The standard InChI is InChI=1S/C15H22N2O/c1-3-17(13-9-5-4-6-10-13)14(18)15(2)11-7-8-12-16-15/h4-6,9-10,16H,3,7-8,11-12H2,1-2H3. The zero-order valence-electron chi connectivity index (χ0n) is 11.3. The van der Waals surface area contributed by atoms with Crippen molar-refractivity contribution in [1.82, 2.24) is 5.32 Å². The molecule has 0 aliphatic carbocycles. The van der Waals surface area contributed by atoms with E-state index in [9.17, 15) is 4.79 Å². The van der Waals surface area contributed by atoms with Gasteiger partial charge in [0.2, 0.25) is 5.91 Å². The van der Waals surface area contributed by atoms with Gasteiger partial charge in [-0.25, -0.2) is 0 Å². The first-order valence-electron chi connectivity index (χ1n) is 6.79. The van der Waals surface area contributed by atoms with E-state index in [0.29, 0.717) is 6.54 Å². The summed E-state index contributed by atoms with van der Waals surface area (Å²) in [5, 5.41) is 3.39. The smallest absolute Gasteiger partial charge is 0.246 e. The number of para-hydroxylation sites is 1. The summed E-state index contributed by atoms with van der Waals surface area (Å²) >= 11 is 0. The van der Waals surface area contributed by atoms with Crippen molar-refractivity contribution in [3.05, 3.63) is 30.3 Å². The molecule has 3 heteroatoms. The van der Waals surface area contributed by atoms with E-state index in [1.807, 2.05) is 49.1 Å². The lowest BCUT2D eigenvalue weighted by molar-refractivity contribution is -0.125. The van der Waals surface area contributed by atoms with Gasteiger partial charge in [0.15, 0.2) is 0 Å². The lowest BCUT2D eigenvalue weighted by Gasteiger charge is -2.37. The van der Waals surface area contributed by atoms with Crippen LogP contribution in [0.25, 0.3) is 0 Å². The molecule has 1 aromatic carbocycles. The van der Waals surface area contributed by atoms with Crippen LogP contribution >= 0.6 is 0 Å². The van der Waals surface area contributed by atoms with Gasteiger partial charge in [-0.05, 0) is 51.8 Å². The van der Waals surface area contributed by atoms with E-state index < -0.39 is 5.54 Å². The van der Waals surface area contributed by atoms with Crippen LogP contribution in [0.3, 0.4) is 0 Å². The van der Waals surface area contributed by atoms with Gasteiger partial charge in [0.25, 0.3) is 0 Å². The van der Waals surface area contributed by atoms with E-state index in [1.165, 1.54) is 6.42 Å². The number of nitrogens with zero attached hydrogens (tertiary/aromatic N) is 1. The molecule has 0 saturated carbocycles. The van der Waals surface area contributed by atoms with E-state index in [1.54, 1.807) is 0 Å². The SMILES string of the molecule is CCN(C(=O)C1(C)CCCCN1)c1ccccc1. The van der Waals surface area contributed by atoms with Gasteiger partial charge in [-0.3, -0.25) is 4.79 Å². The van der Waals surface area contributed by atoms with Crippen LogP contribution in [0.4, 0.5) is 5.69 Å². The molecule has 98 valence electrons. The van der Waals surface area contributed by atoms with Gasteiger partial charge in [-0.15, -0.1) is 0 Å². The minimum absolute atomic E-state index is 0.191. The summed E-state index contributed by atoms with van der Waals surface area (Å²) in [6.07, 6.45) is 3.22. The van der Waals surface area contributed by atoms with Crippen LogP contribution in [0, 0.1) is 0 Å². The Morgan fingerprint density at radius 1 is 1.33 bits per heavy atom. The molecule has 1 saturated heterocycles. The molecule has 3 nitrogen and oxygen atoms in total. The molecule has 1 N–H and O–H groups in total. The molecule has 1 aliphatic rings. The average Bonchev–Trinajstić information content (AvgIpc) is 2.41. The number of hydrogen-bond acceptors (Lipinski definition) is 2. The van der Waals surface area contributed by atoms with Gasteiger partial charge in [-0.1, -0.05) is 18.2 Å². The summed E-state index contributed by atoms with van der Waals surface area (Å²) in [7, 11) is 0. The Bertz CT molecular complexity index is 396. The average molecular weight is 246 g/mol. The molecule has 1 aromatic rings. The second kappa shape index (κ2) is 5.53. The van der Waals surface area contributed by atoms with Crippen LogP contribution in [-0.2, 0) is 4.79 Å². The number of piperidine rings is 1. The van der Waals surface area contributed by atoms with Crippen LogP contribution in [0.2, 0.25) is 0 Å². The van der Waals surface area contributed by atoms with E-state index in [-0.39, 0.29) is 5.91 Å². The third-order valence-electron chi connectivity index (χ3n) is 3.72. The third-order valence-corrected chi connectivity index (χ3v) is 3.72. The van der Waals surface area contributed by atoms with Gasteiger partial charge >= 0.3 is 0 Å². The number of carbonyl (C=O) groups excluding carboxylic acids is 1. The van der Waals surface area contributed by atoms with Gasteiger partial charge in [0.1, 0.15) is 0 Å². The number of carbonyl (C=O) groups is 1. The van der Waals surface area contributed by atoms with Crippen molar-refractivity contribution < 1.29 is 4.79 Å². The highest BCUT2D eigenvalue weighted by Crippen LogP contribution is 2.24. The summed E-state index contributed by atoms with van der Waals surface area (Å²) in [6, 6.07) is 9.91. The second-order valence-electron chi connectivity index (χ2n) is 5.10. The highest BCUT2D eigenvalue weighted by molar-refractivity contribution is 6.00. The van der Waals surface area contributed by atoms with Crippen LogP contribution in [0.15, 0.2) is 30.3 Å². The molecule has 1 heterocycles. The maximum absolute atomic E-state index is 12.7. The van der Waals surface area contributed by atoms with Crippen LogP contribution in [-0.4, -0.2) is 24.5 Å². The third kappa shape index (κ3) is 2.56. The zero-order chi connectivity index (χ0) is 13.0. The van der Waals surface area contributed by atoms with Crippen molar-refractivity contribution >= 4 is 11.6 Å². The molecule has 0 bridgehead atoms. The lowest BCUT2D eigenvalue weighted by atomic mass is 9.89. The fourth-order valence-corrected chi connectivity index (χ4v) is 2.59. The summed E-state index contributed by atoms with van der Waals surface area (Å²) < 4.78 is 0. The zero-order valence-corrected chi connectivity index (χ0v) is 11.3. The molecule has 1 amide bonds. The molecule has 0 radical (unpaired) electrons. The molecule has 1 unspecified atom stereocenters. The van der Waals surface area contributed by atoms with Gasteiger partial charge in [-0.2, -0.15) is 0 Å². The normalized spacial score (nSPS) is 23.7. The number of amides is 1. The second-order valence-corrected chi connectivity index (χ2v) is 5.10. The highest BCUT2D eigenvalue weighted by atomic mass is 16.2. The fourth-order valence-electron chi connectivity index (χ4n) is 2.59. The maximum atomic E-state index is 12.7. The molecular formula is C15H22N2O. The lowest BCUT2D eigenvalue weighted by Crippen LogP contribution is -2.58. The number of likely N-dealkylation sites (N-methyl/N-ethyl adjacent to an activating group) is 1. The molecular weight excluding hydrogens is 224 g/mol. The van der Waals surface area contributed by atoms with Crippen molar-refractivity contribution in [2.24, 2.45) is 0 Å². The summed E-state index contributed by atoms with van der Waals surface area (Å²) in [5.41, 5.74) is 0.586. The van der Waals surface area contributed by atoms with E-state index in [4.69, 9.17) is 0 Å². The van der Waals surface area contributed by atoms with Gasteiger partial charge in [0, 0.05) is 12.2 Å². The van der Waals surface area contributed by atoms with E-state index in [0.717, 1.165) is 25.1 Å². The predicted octanol–water partition coefficient (Wildman–Crippen LogP) is 2.57. The molecule has 1 aliphatic heterocycles. The van der Waals surface area contributed by atoms with E-state index >= 15 is 0 Å². The van der Waals surface area contributed by atoms with Crippen molar-refractivity contribution in [2.45, 2.75) is 38.6 Å². The van der Waals surface area contributed by atoms with Crippen LogP contribution < -0.4 is 10.2 Å². The van der Waals surface area contributed by atoms with Crippen LogP contribution in [0.1, 0.15) is 33.1 Å². The first-order valence-corrected chi connectivity index (χ1v) is 6.79. The quantitative estimate of drug-likeness (QED) is 0.889. The summed E-state index contributed by atoms with van der Waals surface area (Å²) in [5.74, 6) is 0.191. The largest absolute Gasteiger partial charge is 0.311 e. The van der Waals surface area contributed by atoms with Gasteiger partial charge in [0.05, 0.1) is 5.54 Å². The molecule has 0 spiro atoms. The number of rotatable bonds is 3. The summed E-state index contributed by atoms with van der Waals surface area (Å²) in [4.78, 5) is 14.6. The molecule has 0 aromatic heterocycles. The Hall–Kier alpha value is -1.35. The minimum atomic E-state index is -0.399. The van der Waals surface area contributed by atoms with Crippen molar-refractivity contribution in [1.29, 1.82) is 0 Å². The maximum Gasteiger partial charge on any atom is 0.246 e. The van der Waals surface area contributed by atoms with Crippen molar-refractivity contribution in [3.8, 4) is 0 Å². The Balaban J connectivity index is 2.20. The summed E-state index contributed by atoms with van der Waals surface area (Å²) in [6.45, 7) is 5.70. The first-order chi connectivity index (χ1) is 8.67. The number of anilines is 1. The van der Waals surface area contributed by atoms with E-state index in [2.05, 4.69) is 5.32 Å². The molecule has 18 heavy (non-hydrogen) atoms. The minimum Gasteiger partial charge on any atom is -0.311 e. The number of benzene rings is 1.